The average Bonchev–Trinajstić information content (AvgIpc) is 3.24. The molecule has 5 nitrogen and oxygen atoms in total. The molecule has 1 fully saturated rings. The number of aryl methyl sites for hydroxylation is 2. The maximum atomic E-state index is 12.7. The molecule has 1 aliphatic heterocycles. The van der Waals surface area contributed by atoms with Crippen LogP contribution in [0.1, 0.15) is 50.2 Å². The van der Waals surface area contributed by atoms with E-state index in [0.29, 0.717) is 16.1 Å². The highest BCUT2D eigenvalue weighted by atomic mass is 32.1. The monoisotopic (exact) mass is 357 g/mol. The Balaban J connectivity index is 1.91. The van der Waals surface area contributed by atoms with Crippen LogP contribution < -0.4 is 16.0 Å². The number of carbonyl (C=O) groups excluding carboxylic acids is 2. The van der Waals surface area contributed by atoms with E-state index in [1.165, 1.54) is 16.2 Å². The van der Waals surface area contributed by atoms with Crippen molar-refractivity contribution in [3.8, 4) is 0 Å². The van der Waals surface area contributed by atoms with Crippen molar-refractivity contribution in [2.75, 3.05) is 23.3 Å². The zero-order chi connectivity index (χ0) is 18.0. The van der Waals surface area contributed by atoms with Gasteiger partial charge >= 0.3 is 0 Å². The van der Waals surface area contributed by atoms with Gasteiger partial charge in [0.05, 0.1) is 16.3 Å². The van der Waals surface area contributed by atoms with Gasteiger partial charge in [0.1, 0.15) is 0 Å². The highest BCUT2D eigenvalue weighted by Crippen LogP contribution is 2.31. The summed E-state index contributed by atoms with van der Waals surface area (Å²) in [5, 5.41) is 2.99. The SMILES string of the molecule is CCc1sc(C(=O)Nc2cc(C(N)=O)ccc2N2CCCC2)cc1C. The summed E-state index contributed by atoms with van der Waals surface area (Å²) in [6.45, 7) is 6.02. The summed E-state index contributed by atoms with van der Waals surface area (Å²) in [5.41, 5.74) is 8.54. The summed E-state index contributed by atoms with van der Waals surface area (Å²) < 4.78 is 0. The zero-order valence-electron chi connectivity index (χ0n) is 14.6. The minimum atomic E-state index is -0.497. The van der Waals surface area contributed by atoms with Crippen LogP contribution in [0.5, 0.6) is 0 Å². The molecule has 1 aromatic carbocycles. The summed E-state index contributed by atoms with van der Waals surface area (Å²) in [6, 6.07) is 7.19. The van der Waals surface area contributed by atoms with Crippen LogP contribution in [0.25, 0.3) is 0 Å². The first-order chi connectivity index (χ1) is 12.0. The standard InChI is InChI=1S/C19H23N3O2S/c1-3-16-12(2)10-17(25-16)19(24)21-14-11-13(18(20)23)6-7-15(14)22-8-4-5-9-22/h6-7,10-11H,3-5,8-9H2,1-2H3,(H2,20,23)(H,21,24). The summed E-state index contributed by atoms with van der Waals surface area (Å²) in [5.74, 6) is -0.640. The summed E-state index contributed by atoms with van der Waals surface area (Å²) in [7, 11) is 0. The number of benzene rings is 1. The van der Waals surface area contributed by atoms with E-state index in [4.69, 9.17) is 5.73 Å². The normalized spacial score (nSPS) is 13.9. The number of nitrogens with zero attached hydrogens (tertiary/aromatic N) is 1. The average molecular weight is 357 g/mol. The third-order valence-corrected chi connectivity index (χ3v) is 5.92. The molecule has 0 aliphatic carbocycles. The predicted molar refractivity (Wildman–Crippen MR) is 103 cm³/mol. The second kappa shape index (κ2) is 7.27. The van der Waals surface area contributed by atoms with Gasteiger partial charge in [0.2, 0.25) is 5.91 Å². The Hall–Kier alpha value is -2.34. The van der Waals surface area contributed by atoms with Gasteiger partial charge in [-0.25, -0.2) is 0 Å². The summed E-state index contributed by atoms with van der Waals surface area (Å²) in [4.78, 5) is 28.4. The van der Waals surface area contributed by atoms with Gasteiger partial charge in [0.25, 0.3) is 5.91 Å². The molecule has 0 spiro atoms. The van der Waals surface area contributed by atoms with Crippen LogP contribution in [0.3, 0.4) is 0 Å². The summed E-state index contributed by atoms with van der Waals surface area (Å²) >= 11 is 1.52. The van der Waals surface area contributed by atoms with Crippen LogP contribution in [0.4, 0.5) is 11.4 Å². The lowest BCUT2D eigenvalue weighted by Gasteiger charge is -2.22. The van der Waals surface area contributed by atoms with Crippen LogP contribution in [0.15, 0.2) is 24.3 Å². The van der Waals surface area contributed by atoms with Crippen molar-refractivity contribution < 1.29 is 9.59 Å². The van der Waals surface area contributed by atoms with Gasteiger partial charge in [0, 0.05) is 23.5 Å². The largest absolute Gasteiger partial charge is 0.370 e. The number of nitrogens with two attached hydrogens (primary N) is 1. The first kappa shape index (κ1) is 17.5. The molecule has 0 bridgehead atoms. The number of rotatable bonds is 5. The van der Waals surface area contributed by atoms with E-state index in [-0.39, 0.29) is 5.91 Å². The Morgan fingerprint density at radius 1 is 1.24 bits per heavy atom. The van der Waals surface area contributed by atoms with Crippen molar-refractivity contribution in [3.05, 3.63) is 45.1 Å². The van der Waals surface area contributed by atoms with Gasteiger partial charge in [-0.05, 0) is 56.0 Å². The van der Waals surface area contributed by atoms with E-state index in [2.05, 4.69) is 17.1 Å². The van der Waals surface area contributed by atoms with Gasteiger partial charge in [-0.15, -0.1) is 11.3 Å². The Kier molecular flexibility index (Phi) is 5.08. The van der Waals surface area contributed by atoms with Crippen LogP contribution in [0, 0.1) is 6.92 Å². The van der Waals surface area contributed by atoms with Crippen molar-refractivity contribution in [2.45, 2.75) is 33.1 Å². The minimum Gasteiger partial charge on any atom is -0.370 e. The van der Waals surface area contributed by atoms with Gasteiger partial charge in [-0.1, -0.05) is 6.92 Å². The van der Waals surface area contributed by atoms with Crippen molar-refractivity contribution in [1.29, 1.82) is 0 Å². The number of nitrogens with one attached hydrogen (secondary N) is 1. The van der Waals surface area contributed by atoms with Gasteiger partial charge in [0.15, 0.2) is 0 Å². The van der Waals surface area contributed by atoms with Crippen molar-refractivity contribution in [3.63, 3.8) is 0 Å². The second-order valence-corrected chi connectivity index (χ2v) is 7.45. The molecule has 3 N–H and O–H groups in total. The smallest absolute Gasteiger partial charge is 0.265 e. The van der Waals surface area contributed by atoms with Crippen LogP contribution >= 0.6 is 11.3 Å². The van der Waals surface area contributed by atoms with E-state index in [1.807, 2.05) is 19.1 Å². The molecule has 1 aliphatic rings. The molecule has 1 aromatic heterocycles. The first-order valence-electron chi connectivity index (χ1n) is 8.59. The van der Waals surface area contributed by atoms with Gasteiger partial charge < -0.3 is 16.0 Å². The highest BCUT2D eigenvalue weighted by molar-refractivity contribution is 7.14. The minimum absolute atomic E-state index is 0.144. The van der Waals surface area contributed by atoms with E-state index < -0.39 is 5.91 Å². The molecule has 25 heavy (non-hydrogen) atoms. The van der Waals surface area contributed by atoms with Crippen LogP contribution in [0.2, 0.25) is 0 Å². The molecule has 2 aromatic rings. The Morgan fingerprint density at radius 3 is 2.56 bits per heavy atom. The number of amides is 2. The molecule has 0 unspecified atom stereocenters. The van der Waals surface area contributed by atoms with E-state index in [1.54, 1.807) is 12.1 Å². The Morgan fingerprint density at radius 2 is 1.96 bits per heavy atom. The lowest BCUT2D eigenvalue weighted by molar-refractivity contribution is 0.0996. The number of anilines is 2. The van der Waals surface area contributed by atoms with Crippen LogP contribution in [-0.4, -0.2) is 24.9 Å². The topological polar surface area (TPSA) is 75.4 Å². The summed E-state index contributed by atoms with van der Waals surface area (Å²) in [6.07, 6.45) is 3.18. The third-order valence-electron chi connectivity index (χ3n) is 4.54. The fourth-order valence-electron chi connectivity index (χ4n) is 3.19. The maximum absolute atomic E-state index is 12.7. The van der Waals surface area contributed by atoms with E-state index >= 15 is 0 Å². The number of hydrogen-bond acceptors (Lipinski definition) is 4. The number of primary amides is 1. The lowest BCUT2D eigenvalue weighted by Crippen LogP contribution is -2.22. The second-order valence-electron chi connectivity index (χ2n) is 6.31. The van der Waals surface area contributed by atoms with Crippen molar-refractivity contribution in [2.24, 2.45) is 5.73 Å². The maximum Gasteiger partial charge on any atom is 0.265 e. The van der Waals surface area contributed by atoms with Crippen molar-refractivity contribution in [1.82, 2.24) is 0 Å². The number of carbonyl (C=O) groups is 2. The van der Waals surface area contributed by atoms with Crippen LogP contribution in [-0.2, 0) is 6.42 Å². The molecule has 1 saturated heterocycles. The Labute approximate surface area is 151 Å². The highest BCUT2D eigenvalue weighted by Gasteiger charge is 2.20. The molecule has 2 heterocycles. The third kappa shape index (κ3) is 3.69. The molecule has 0 saturated carbocycles. The molecule has 3 rings (SSSR count). The fourth-order valence-corrected chi connectivity index (χ4v) is 4.20. The number of thiophene rings is 1. The molecular formula is C19H23N3O2S. The predicted octanol–water partition coefficient (Wildman–Crippen LogP) is 3.57. The first-order valence-corrected chi connectivity index (χ1v) is 9.40. The molecular weight excluding hydrogens is 334 g/mol. The molecule has 2 amide bonds. The molecule has 0 atom stereocenters. The van der Waals surface area contributed by atoms with E-state index in [9.17, 15) is 9.59 Å². The Bertz CT molecular complexity index is 807. The molecule has 132 valence electrons. The molecule has 6 heteroatoms. The zero-order valence-corrected chi connectivity index (χ0v) is 15.4. The van der Waals surface area contributed by atoms with Gasteiger partial charge in [-0.3, -0.25) is 9.59 Å². The van der Waals surface area contributed by atoms with E-state index in [0.717, 1.165) is 43.6 Å². The molecule has 0 radical (unpaired) electrons. The van der Waals surface area contributed by atoms with Crippen molar-refractivity contribution >= 4 is 34.5 Å². The van der Waals surface area contributed by atoms with Gasteiger partial charge in [-0.2, -0.15) is 0 Å². The fraction of sp³-hybridized carbons (Fsp3) is 0.368. The number of hydrogen-bond donors (Lipinski definition) is 2. The quantitative estimate of drug-likeness (QED) is 0.859. The lowest BCUT2D eigenvalue weighted by atomic mass is 10.1.